The molecule has 9 heteroatoms. The van der Waals surface area contributed by atoms with Crippen LogP contribution in [0.4, 0.5) is 9.52 Å². The summed E-state index contributed by atoms with van der Waals surface area (Å²) in [6, 6.07) is 14.0. The Hall–Kier alpha value is -3.72. The van der Waals surface area contributed by atoms with Gasteiger partial charge in [0.25, 0.3) is 11.8 Å². The van der Waals surface area contributed by atoms with Gasteiger partial charge in [0.05, 0.1) is 16.5 Å². The van der Waals surface area contributed by atoms with Crippen LogP contribution in [0.15, 0.2) is 54.7 Å². The number of nitrogens with zero attached hydrogens (tertiary/aromatic N) is 3. The third-order valence-electron chi connectivity index (χ3n) is 7.57. The maximum absolute atomic E-state index is 14.1. The van der Waals surface area contributed by atoms with Gasteiger partial charge in [-0.05, 0) is 48.9 Å². The number of H-pyrrole nitrogens is 1. The molecule has 2 bridgehead atoms. The van der Waals surface area contributed by atoms with Crippen molar-refractivity contribution in [2.45, 2.75) is 31.3 Å². The van der Waals surface area contributed by atoms with Crippen molar-refractivity contribution in [1.82, 2.24) is 20.2 Å². The molecule has 6 rings (SSSR count). The number of fused-ring (bicyclic) bond motifs is 3. The minimum absolute atomic E-state index is 0.106. The molecule has 3 heterocycles. The molecule has 1 aliphatic heterocycles. The molecule has 3 atom stereocenters. The molecule has 1 aliphatic carbocycles. The number of benzene rings is 2. The number of nitrogens with one attached hydrogen (secondary N) is 2. The lowest BCUT2D eigenvalue weighted by molar-refractivity contribution is 0.0578. The zero-order valence-electron chi connectivity index (χ0n) is 20.7. The Kier molecular flexibility index (Phi) is 5.95. The van der Waals surface area contributed by atoms with Crippen molar-refractivity contribution in [2.75, 3.05) is 25.5 Å². The maximum Gasteiger partial charge on any atom is 0.274 e. The van der Waals surface area contributed by atoms with Crippen LogP contribution in [0.2, 0.25) is 0 Å². The number of aromatic amines is 1. The fraction of sp³-hybridized carbons (Fsp3) is 0.321. The summed E-state index contributed by atoms with van der Waals surface area (Å²) in [6.07, 6.45) is 4.65. The van der Waals surface area contributed by atoms with Crippen molar-refractivity contribution in [3.8, 4) is 10.4 Å². The van der Waals surface area contributed by atoms with E-state index in [1.807, 2.05) is 54.2 Å². The minimum Gasteiger partial charge on any atom is -0.360 e. The quantitative estimate of drug-likeness (QED) is 0.381. The van der Waals surface area contributed by atoms with Crippen molar-refractivity contribution >= 4 is 39.2 Å². The Morgan fingerprint density at radius 3 is 2.84 bits per heavy atom. The van der Waals surface area contributed by atoms with Gasteiger partial charge >= 0.3 is 0 Å². The Bertz CT molecular complexity index is 1490. The minimum atomic E-state index is -0.353. The van der Waals surface area contributed by atoms with E-state index in [-0.39, 0.29) is 29.7 Å². The molecule has 190 valence electrons. The molecule has 1 saturated heterocycles. The summed E-state index contributed by atoms with van der Waals surface area (Å²) >= 11 is 1.38. The summed E-state index contributed by atoms with van der Waals surface area (Å²) in [7, 11) is 3.76. The average Bonchev–Trinajstić information content (AvgIpc) is 3.68. The number of aromatic nitrogens is 2. The van der Waals surface area contributed by atoms with Gasteiger partial charge in [0.2, 0.25) is 0 Å². The third kappa shape index (κ3) is 4.17. The molecule has 2 aromatic carbocycles. The average molecular weight is 518 g/mol. The molecular formula is C28H28FN5O2S. The molecule has 2 amide bonds. The highest BCUT2D eigenvalue weighted by molar-refractivity contribution is 7.19. The zero-order valence-corrected chi connectivity index (χ0v) is 21.5. The molecule has 2 aliphatic rings. The summed E-state index contributed by atoms with van der Waals surface area (Å²) in [5.41, 5.74) is 2.50. The first-order valence-corrected chi connectivity index (χ1v) is 13.3. The molecular weight excluding hydrogens is 489 g/mol. The Balaban J connectivity index is 1.28. The van der Waals surface area contributed by atoms with E-state index in [0.29, 0.717) is 39.3 Å². The molecule has 2 aromatic heterocycles. The molecule has 37 heavy (non-hydrogen) atoms. The number of para-hydroxylation sites is 1. The molecule has 1 saturated carbocycles. The van der Waals surface area contributed by atoms with Crippen LogP contribution in [-0.2, 0) is 0 Å². The molecule has 0 spiro atoms. The SMILES string of the molecule is CN(C)c1nc(C(=O)N2[C@@H]3CC[C@@H](C3)[C@H]2CNC(=O)c2c[nH]c3ccccc23)c(-c2cccc(F)c2)s1. The number of amides is 2. The van der Waals surface area contributed by atoms with Crippen LogP contribution < -0.4 is 10.2 Å². The third-order valence-corrected chi connectivity index (χ3v) is 8.84. The van der Waals surface area contributed by atoms with E-state index in [9.17, 15) is 14.0 Å². The van der Waals surface area contributed by atoms with Crippen molar-refractivity contribution in [3.63, 3.8) is 0 Å². The second-order valence-corrected chi connectivity index (χ2v) is 11.0. The number of piperidine rings is 1. The highest BCUT2D eigenvalue weighted by Gasteiger charge is 2.49. The van der Waals surface area contributed by atoms with Crippen LogP contribution in [0.5, 0.6) is 0 Å². The number of rotatable bonds is 6. The number of likely N-dealkylation sites (tertiary alicyclic amines) is 1. The first-order valence-electron chi connectivity index (χ1n) is 12.5. The van der Waals surface area contributed by atoms with E-state index in [1.165, 1.54) is 23.5 Å². The Morgan fingerprint density at radius 1 is 1.19 bits per heavy atom. The van der Waals surface area contributed by atoms with E-state index in [4.69, 9.17) is 0 Å². The van der Waals surface area contributed by atoms with Gasteiger partial charge in [-0.1, -0.05) is 41.7 Å². The fourth-order valence-corrected chi connectivity index (χ4v) is 6.79. The lowest BCUT2D eigenvalue weighted by Gasteiger charge is -2.35. The van der Waals surface area contributed by atoms with Gasteiger partial charge in [0.15, 0.2) is 5.13 Å². The van der Waals surface area contributed by atoms with Gasteiger partial charge in [-0.25, -0.2) is 9.37 Å². The molecule has 0 unspecified atom stereocenters. The molecule has 4 aromatic rings. The van der Waals surface area contributed by atoms with Gasteiger partial charge in [-0.3, -0.25) is 9.59 Å². The summed E-state index contributed by atoms with van der Waals surface area (Å²) in [4.78, 5) is 39.4. The van der Waals surface area contributed by atoms with E-state index in [1.54, 1.807) is 12.3 Å². The van der Waals surface area contributed by atoms with Crippen LogP contribution in [0.1, 0.15) is 40.1 Å². The Labute approximate surface area is 218 Å². The maximum atomic E-state index is 14.1. The van der Waals surface area contributed by atoms with Gasteiger partial charge in [-0.15, -0.1) is 0 Å². The van der Waals surface area contributed by atoms with Crippen molar-refractivity contribution in [1.29, 1.82) is 0 Å². The standard InChI is InChI=1S/C28H28FN5O2S/c1-33(2)28-32-24(25(37-28)17-6-5-7-18(29)12-17)27(36)34-19-11-10-16(13-19)23(34)15-31-26(35)21-14-30-22-9-4-3-8-20(21)22/h3-9,12,14,16,19,23,30H,10-11,13,15H2,1-2H3,(H,31,35)/t16-,19+,23+/m0/s1. The van der Waals surface area contributed by atoms with Gasteiger partial charge in [0, 0.05) is 43.8 Å². The number of anilines is 1. The predicted molar refractivity (Wildman–Crippen MR) is 144 cm³/mol. The van der Waals surface area contributed by atoms with Crippen molar-refractivity contribution in [3.05, 3.63) is 71.8 Å². The zero-order chi connectivity index (χ0) is 25.7. The first kappa shape index (κ1) is 23.7. The Morgan fingerprint density at radius 2 is 2.03 bits per heavy atom. The number of carbonyl (C=O) groups is 2. The molecule has 2 N–H and O–H groups in total. The van der Waals surface area contributed by atoms with E-state index >= 15 is 0 Å². The smallest absolute Gasteiger partial charge is 0.274 e. The molecule has 7 nitrogen and oxygen atoms in total. The predicted octanol–water partition coefficient (Wildman–Crippen LogP) is 4.92. The van der Waals surface area contributed by atoms with Crippen molar-refractivity contribution in [2.24, 2.45) is 5.92 Å². The number of thiazole rings is 1. The summed E-state index contributed by atoms with van der Waals surface area (Å²) in [5, 5.41) is 4.65. The molecule has 2 fully saturated rings. The van der Waals surface area contributed by atoms with E-state index in [2.05, 4.69) is 15.3 Å². The van der Waals surface area contributed by atoms with E-state index < -0.39 is 0 Å². The van der Waals surface area contributed by atoms with Gasteiger partial charge < -0.3 is 20.1 Å². The van der Waals surface area contributed by atoms with Gasteiger partial charge in [-0.2, -0.15) is 0 Å². The van der Waals surface area contributed by atoms with Crippen LogP contribution in [0.25, 0.3) is 21.3 Å². The largest absolute Gasteiger partial charge is 0.360 e. The fourth-order valence-electron chi connectivity index (χ4n) is 5.82. The second-order valence-electron chi connectivity index (χ2n) is 10.0. The van der Waals surface area contributed by atoms with Crippen LogP contribution >= 0.6 is 11.3 Å². The highest BCUT2D eigenvalue weighted by atomic mass is 32.1. The number of hydrogen-bond acceptors (Lipinski definition) is 5. The summed E-state index contributed by atoms with van der Waals surface area (Å²) < 4.78 is 14.1. The lowest BCUT2D eigenvalue weighted by atomic mass is 9.98. The topological polar surface area (TPSA) is 81.3 Å². The van der Waals surface area contributed by atoms with Crippen LogP contribution in [0.3, 0.4) is 0 Å². The van der Waals surface area contributed by atoms with Gasteiger partial charge in [0.1, 0.15) is 11.5 Å². The number of halogens is 1. The molecule has 0 radical (unpaired) electrons. The van der Waals surface area contributed by atoms with Crippen molar-refractivity contribution < 1.29 is 14.0 Å². The summed E-state index contributed by atoms with van der Waals surface area (Å²) in [6.45, 7) is 0.380. The van der Waals surface area contributed by atoms with Crippen LogP contribution in [0, 0.1) is 11.7 Å². The first-order chi connectivity index (χ1) is 17.9. The van der Waals surface area contributed by atoms with E-state index in [0.717, 1.165) is 30.2 Å². The van der Waals surface area contributed by atoms with Crippen LogP contribution in [-0.4, -0.2) is 59.4 Å². The lowest BCUT2D eigenvalue weighted by Crippen LogP contribution is -2.50. The highest BCUT2D eigenvalue weighted by Crippen LogP contribution is 2.44. The number of carbonyl (C=O) groups excluding carboxylic acids is 2. The normalized spacial score (nSPS) is 20.5. The second kappa shape index (κ2) is 9.30. The number of hydrogen-bond donors (Lipinski definition) is 2. The summed E-state index contributed by atoms with van der Waals surface area (Å²) in [5.74, 6) is -0.325. The monoisotopic (exact) mass is 517 g/mol.